The molecule has 3 heterocycles. The Labute approximate surface area is 230 Å². The van der Waals surface area contributed by atoms with Gasteiger partial charge in [-0.25, -0.2) is 0 Å². The summed E-state index contributed by atoms with van der Waals surface area (Å²) in [6.07, 6.45) is 3.91. The van der Waals surface area contributed by atoms with Gasteiger partial charge in [-0.05, 0) is 70.6 Å². The monoisotopic (exact) mass is 526 g/mol. The number of aromatic nitrogens is 2. The second kappa shape index (κ2) is 9.47. The molecular formula is C33H26N4O3. The Morgan fingerprint density at radius 3 is 2.55 bits per heavy atom. The van der Waals surface area contributed by atoms with E-state index in [4.69, 9.17) is 4.99 Å². The molecule has 0 radical (unpaired) electrons. The molecule has 7 nitrogen and oxygen atoms in total. The van der Waals surface area contributed by atoms with Crippen LogP contribution in [-0.4, -0.2) is 31.9 Å². The summed E-state index contributed by atoms with van der Waals surface area (Å²) >= 11 is 0. The van der Waals surface area contributed by atoms with Gasteiger partial charge in [-0.1, -0.05) is 42.5 Å². The first-order valence-corrected chi connectivity index (χ1v) is 13.1. The molecule has 40 heavy (non-hydrogen) atoms. The summed E-state index contributed by atoms with van der Waals surface area (Å²) in [4.78, 5) is 21.0. The van der Waals surface area contributed by atoms with E-state index in [1.165, 1.54) is 6.07 Å². The number of hydrogen-bond donors (Lipinski definition) is 4. The number of phenolic OH excluding ortho intramolecular Hbond substituents is 2. The van der Waals surface area contributed by atoms with Crippen LogP contribution in [0.3, 0.4) is 0 Å². The Morgan fingerprint density at radius 1 is 0.875 bits per heavy atom. The van der Waals surface area contributed by atoms with E-state index in [9.17, 15) is 15.0 Å². The number of hydrogen-bond acceptors (Lipinski definition) is 4. The maximum atomic E-state index is 12.7. The smallest absolute Gasteiger partial charge is 0.252 e. The van der Waals surface area contributed by atoms with Crippen molar-refractivity contribution in [3.63, 3.8) is 0 Å². The minimum Gasteiger partial charge on any atom is -0.508 e. The van der Waals surface area contributed by atoms with Gasteiger partial charge in [-0.15, -0.1) is 0 Å². The second-order valence-electron chi connectivity index (χ2n) is 10.1. The molecule has 0 bridgehead atoms. The maximum Gasteiger partial charge on any atom is 0.252 e. The lowest BCUT2D eigenvalue weighted by molar-refractivity contribution is 0.0960. The Morgan fingerprint density at radius 2 is 1.68 bits per heavy atom. The van der Waals surface area contributed by atoms with Crippen LogP contribution in [0.4, 0.5) is 0 Å². The Balaban J connectivity index is 1.20. The predicted molar refractivity (Wildman–Crippen MR) is 156 cm³/mol. The zero-order valence-electron chi connectivity index (χ0n) is 21.5. The van der Waals surface area contributed by atoms with Crippen LogP contribution in [-0.2, 0) is 13.1 Å². The molecule has 0 fully saturated rings. The van der Waals surface area contributed by atoms with Crippen molar-refractivity contribution in [1.82, 2.24) is 14.9 Å². The molecule has 2 aromatic heterocycles. The van der Waals surface area contributed by atoms with Crippen LogP contribution in [0.2, 0.25) is 0 Å². The first-order valence-electron chi connectivity index (χ1n) is 13.1. The van der Waals surface area contributed by atoms with E-state index >= 15 is 0 Å². The minimum atomic E-state index is -0.397. The Hall–Kier alpha value is -5.30. The lowest BCUT2D eigenvalue weighted by Gasteiger charge is -2.13. The summed E-state index contributed by atoms with van der Waals surface area (Å²) in [6, 6.07) is 28.2. The number of amides is 1. The van der Waals surface area contributed by atoms with Crippen molar-refractivity contribution in [2.24, 2.45) is 4.99 Å². The first-order chi connectivity index (χ1) is 19.5. The molecule has 0 spiro atoms. The normalized spacial score (nSPS) is 14.8. The van der Waals surface area contributed by atoms with Crippen molar-refractivity contribution >= 4 is 33.9 Å². The van der Waals surface area contributed by atoms with Crippen molar-refractivity contribution in [2.75, 3.05) is 0 Å². The molecule has 1 unspecified atom stereocenters. The van der Waals surface area contributed by atoms with Gasteiger partial charge < -0.3 is 25.1 Å². The number of para-hydroxylation sites is 1. The van der Waals surface area contributed by atoms with Gasteiger partial charge in [0, 0.05) is 46.5 Å². The molecular weight excluding hydrogens is 500 g/mol. The molecule has 0 aliphatic carbocycles. The summed E-state index contributed by atoms with van der Waals surface area (Å²) in [6.45, 7) is 1.20. The van der Waals surface area contributed by atoms with Crippen LogP contribution in [0.15, 0.2) is 102 Å². The number of aromatic hydroxyl groups is 2. The van der Waals surface area contributed by atoms with Gasteiger partial charge in [0.05, 0.1) is 18.3 Å². The highest BCUT2D eigenvalue weighted by molar-refractivity contribution is 6.02. The molecule has 0 saturated carbocycles. The van der Waals surface area contributed by atoms with Crippen LogP contribution in [0.25, 0.3) is 21.8 Å². The number of carbonyl (C=O) groups is 1. The number of H-pyrrole nitrogens is 1. The highest BCUT2D eigenvalue weighted by atomic mass is 16.3. The van der Waals surface area contributed by atoms with E-state index in [2.05, 4.69) is 45.3 Å². The zero-order valence-corrected chi connectivity index (χ0v) is 21.5. The third kappa shape index (κ3) is 4.18. The maximum absolute atomic E-state index is 12.7. The molecule has 1 amide bonds. The predicted octanol–water partition coefficient (Wildman–Crippen LogP) is 6.03. The van der Waals surface area contributed by atoms with Crippen molar-refractivity contribution in [3.05, 3.63) is 131 Å². The first kappa shape index (κ1) is 23.8. The molecule has 4 N–H and O–H groups in total. The quantitative estimate of drug-likeness (QED) is 0.199. The number of phenols is 2. The van der Waals surface area contributed by atoms with Crippen LogP contribution >= 0.6 is 0 Å². The summed E-state index contributed by atoms with van der Waals surface area (Å²) in [7, 11) is 0. The van der Waals surface area contributed by atoms with Crippen LogP contribution in [0, 0.1) is 0 Å². The van der Waals surface area contributed by atoms with E-state index in [0.29, 0.717) is 18.7 Å². The summed E-state index contributed by atoms with van der Waals surface area (Å²) in [5.41, 5.74) is 7.33. The van der Waals surface area contributed by atoms with E-state index in [0.717, 1.165) is 49.8 Å². The van der Waals surface area contributed by atoms with Crippen molar-refractivity contribution in [1.29, 1.82) is 0 Å². The molecule has 1 aliphatic heterocycles. The Kier molecular flexibility index (Phi) is 5.63. The minimum absolute atomic E-state index is 0.126. The van der Waals surface area contributed by atoms with Gasteiger partial charge in [0.1, 0.15) is 11.5 Å². The molecule has 7 heteroatoms. The van der Waals surface area contributed by atoms with Gasteiger partial charge in [0.2, 0.25) is 0 Å². The average molecular weight is 527 g/mol. The van der Waals surface area contributed by atoms with Crippen LogP contribution in [0.5, 0.6) is 11.5 Å². The lowest BCUT2D eigenvalue weighted by Crippen LogP contribution is -2.20. The van der Waals surface area contributed by atoms with Gasteiger partial charge in [-0.3, -0.25) is 9.79 Å². The standard InChI is InChI=1S/C33H26N4O3/c38-23-9-6-20(7-10-23)19-37-14-13-22-8-5-21(15-30(22)37)17-34-18-29-31(26-3-1-2-4-28(26)35-29)32-27-16-24(39)11-12-25(27)33(40)36-32/h1-16,18,32,35,38-39H,17,19H2,(H,36,40). The fourth-order valence-electron chi connectivity index (χ4n) is 5.61. The summed E-state index contributed by atoms with van der Waals surface area (Å²) in [5.74, 6) is 0.231. The largest absolute Gasteiger partial charge is 0.508 e. The number of benzene rings is 4. The molecule has 1 atom stereocenters. The Bertz CT molecular complexity index is 1930. The number of aliphatic imine (C=N–C) groups is 1. The van der Waals surface area contributed by atoms with E-state index in [1.54, 1.807) is 24.3 Å². The van der Waals surface area contributed by atoms with E-state index in [1.807, 2.05) is 42.6 Å². The zero-order chi connectivity index (χ0) is 27.2. The van der Waals surface area contributed by atoms with Crippen LogP contribution in [0.1, 0.15) is 44.3 Å². The third-order valence-corrected chi connectivity index (χ3v) is 7.55. The number of nitrogens with zero attached hydrogens (tertiary/aromatic N) is 2. The van der Waals surface area contributed by atoms with E-state index < -0.39 is 6.04 Å². The lowest BCUT2D eigenvalue weighted by atomic mass is 9.95. The number of fused-ring (bicyclic) bond motifs is 3. The average Bonchev–Trinajstić information content (AvgIpc) is 3.62. The highest BCUT2D eigenvalue weighted by Gasteiger charge is 2.33. The molecule has 0 saturated heterocycles. The van der Waals surface area contributed by atoms with Gasteiger partial charge >= 0.3 is 0 Å². The fourth-order valence-corrected chi connectivity index (χ4v) is 5.61. The molecule has 6 aromatic rings. The fraction of sp³-hybridized carbons (Fsp3) is 0.0909. The second-order valence-corrected chi connectivity index (χ2v) is 10.1. The summed E-state index contributed by atoms with van der Waals surface area (Å²) in [5, 5.41) is 25.0. The summed E-state index contributed by atoms with van der Waals surface area (Å²) < 4.78 is 2.19. The van der Waals surface area contributed by atoms with Crippen LogP contribution < -0.4 is 5.32 Å². The van der Waals surface area contributed by atoms with Gasteiger partial charge in [0.15, 0.2) is 0 Å². The SMILES string of the molecule is O=C1NC(c2c(C=NCc3ccc4ccn(Cc5ccc(O)cc5)c4c3)[nH]c3ccccc23)c2cc(O)ccc21. The van der Waals surface area contributed by atoms with E-state index in [-0.39, 0.29) is 17.4 Å². The number of carbonyl (C=O) groups excluding carboxylic acids is 1. The number of nitrogens with one attached hydrogen (secondary N) is 2. The van der Waals surface area contributed by atoms with Crippen molar-refractivity contribution in [3.8, 4) is 11.5 Å². The molecule has 1 aliphatic rings. The number of rotatable bonds is 6. The molecule has 4 aromatic carbocycles. The molecule has 196 valence electrons. The topological polar surface area (TPSA) is 103 Å². The molecule has 7 rings (SSSR count). The highest BCUT2D eigenvalue weighted by Crippen LogP contribution is 2.38. The third-order valence-electron chi connectivity index (χ3n) is 7.55. The van der Waals surface area contributed by atoms with Gasteiger partial charge in [-0.2, -0.15) is 0 Å². The van der Waals surface area contributed by atoms with Gasteiger partial charge in [0.25, 0.3) is 5.91 Å². The van der Waals surface area contributed by atoms with Crippen molar-refractivity contribution < 1.29 is 15.0 Å². The number of aromatic amines is 1. The van der Waals surface area contributed by atoms with Crippen molar-refractivity contribution in [2.45, 2.75) is 19.1 Å².